The van der Waals surface area contributed by atoms with Crippen LogP contribution >= 0.6 is 0 Å². The molecule has 0 amide bonds. The fraction of sp³-hybridized carbons (Fsp3) is 0.545. The fourth-order valence-electron chi connectivity index (χ4n) is 3.18. The van der Waals surface area contributed by atoms with Crippen LogP contribution in [0.2, 0.25) is 0 Å². The minimum atomic E-state index is 0.391. The molecule has 1 aromatic heterocycles. The number of methoxy groups -OCH3 is 1. The summed E-state index contributed by atoms with van der Waals surface area (Å²) in [7, 11) is 5.69. The number of para-hydroxylation sites is 1. The van der Waals surface area contributed by atoms with E-state index in [4.69, 9.17) is 14.5 Å². The van der Waals surface area contributed by atoms with Gasteiger partial charge in [0.05, 0.1) is 32.6 Å². The highest BCUT2D eigenvalue weighted by atomic mass is 16.5. The number of aromatic nitrogens is 2. The van der Waals surface area contributed by atoms with Gasteiger partial charge in [0, 0.05) is 44.5 Å². The molecule has 0 atom stereocenters. The molecule has 29 heavy (non-hydrogen) atoms. The van der Waals surface area contributed by atoms with E-state index in [1.54, 1.807) is 7.11 Å². The maximum atomic E-state index is 5.80. The smallest absolute Gasteiger partial charge is 0.194 e. The quantitative estimate of drug-likeness (QED) is 0.376. The monoisotopic (exact) mass is 401 g/mol. The number of rotatable bonds is 10. The number of aryl methyl sites for hydroxylation is 1. The van der Waals surface area contributed by atoms with Gasteiger partial charge in [0.15, 0.2) is 5.96 Å². The highest BCUT2D eigenvalue weighted by Gasteiger charge is 2.15. The summed E-state index contributed by atoms with van der Waals surface area (Å²) in [6, 6.07) is 7.90. The predicted molar refractivity (Wildman–Crippen MR) is 117 cm³/mol. The minimum Gasteiger partial charge on any atom is -0.496 e. The molecule has 0 unspecified atom stereocenters. The Labute approximate surface area is 174 Å². The average molecular weight is 402 g/mol. The van der Waals surface area contributed by atoms with Crippen molar-refractivity contribution in [2.45, 2.75) is 39.8 Å². The lowest BCUT2D eigenvalue weighted by Crippen LogP contribution is -2.38. The third kappa shape index (κ3) is 6.78. The molecule has 0 saturated heterocycles. The van der Waals surface area contributed by atoms with E-state index in [1.807, 2.05) is 43.0 Å². The number of nitrogens with zero attached hydrogens (tertiary/aromatic N) is 4. The van der Waals surface area contributed by atoms with Crippen molar-refractivity contribution in [3.05, 3.63) is 47.3 Å². The number of nitrogens with one attached hydrogen (secondary N) is 1. The number of guanidine groups is 1. The topological polar surface area (TPSA) is 63.9 Å². The zero-order chi connectivity index (χ0) is 21.2. The maximum absolute atomic E-state index is 5.80. The van der Waals surface area contributed by atoms with E-state index in [0.717, 1.165) is 36.1 Å². The zero-order valence-electron chi connectivity index (χ0n) is 18.6. The first-order valence-electron chi connectivity index (χ1n) is 10.2. The Morgan fingerprint density at radius 2 is 2.03 bits per heavy atom. The number of aliphatic imine (C=N–C) groups is 1. The molecule has 2 aromatic rings. The van der Waals surface area contributed by atoms with Gasteiger partial charge in [-0.25, -0.2) is 0 Å². The molecule has 1 heterocycles. The van der Waals surface area contributed by atoms with Crippen molar-refractivity contribution < 1.29 is 9.47 Å². The Kier molecular flexibility index (Phi) is 8.99. The van der Waals surface area contributed by atoms with Crippen LogP contribution < -0.4 is 10.1 Å². The number of ether oxygens (including phenoxy) is 2. The SMILES string of the molecule is CCNC(=NCCOCc1ccccc1OC)N(C)Cc1cn(C)nc1C(C)C. The summed E-state index contributed by atoms with van der Waals surface area (Å²) >= 11 is 0. The largest absolute Gasteiger partial charge is 0.496 e. The average Bonchev–Trinajstić information content (AvgIpc) is 3.07. The van der Waals surface area contributed by atoms with E-state index < -0.39 is 0 Å². The van der Waals surface area contributed by atoms with Crippen LogP contribution in [0.3, 0.4) is 0 Å². The second-order valence-corrected chi connectivity index (χ2v) is 7.32. The van der Waals surface area contributed by atoms with Crippen LogP contribution in [-0.2, 0) is 24.9 Å². The van der Waals surface area contributed by atoms with Gasteiger partial charge in [-0.15, -0.1) is 0 Å². The van der Waals surface area contributed by atoms with Crippen LogP contribution in [0.1, 0.15) is 43.5 Å². The van der Waals surface area contributed by atoms with Gasteiger partial charge in [0.2, 0.25) is 0 Å². The molecule has 0 fully saturated rings. The molecule has 2 rings (SSSR count). The van der Waals surface area contributed by atoms with Gasteiger partial charge in [-0.2, -0.15) is 5.10 Å². The second kappa shape index (κ2) is 11.5. The van der Waals surface area contributed by atoms with Crippen LogP contribution in [0, 0.1) is 0 Å². The lowest BCUT2D eigenvalue weighted by Gasteiger charge is -2.22. The Morgan fingerprint density at radius 3 is 2.72 bits per heavy atom. The molecule has 0 aliphatic rings. The molecule has 0 spiro atoms. The van der Waals surface area contributed by atoms with E-state index in [9.17, 15) is 0 Å². The highest BCUT2D eigenvalue weighted by Crippen LogP contribution is 2.19. The van der Waals surface area contributed by atoms with Gasteiger partial charge in [-0.1, -0.05) is 32.0 Å². The molecule has 7 nitrogen and oxygen atoms in total. The summed E-state index contributed by atoms with van der Waals surface area (Å²) in [5, 5.41) is 7.96. The number of hydrogen-bond donors (Lipinski definition) is 1. The molecule has 160 valence electrons. The van der Waals surface area contributed by atoms with Crippen LogP contribution in [0.5, 0.6) is 5.75 Å². The first-order chi connectivity index (χ1) is 14.0. The normalized spacial score (nSPS) is 11.8. The summed E-state index contributed by atoms with van der Waals surface area (Å²) in [6.45, 7) is 9.64. The van der Waals surface area contributed by atoms with Crippen molar-refractivity contribution in [2.75, 3.05) is 33.9 Å². The molecular formula is C22H35N5O2. The van der Waals surface area contributed by atoms with Crippen molar-refractivity contribution in [3.63, 3.8) is 0 Å². The minimum absolute atomic E-state index is 0.391. The van der Waals surface area contributed by atoms with Gasteiger partial charge in [0.1, 0.15) is 5.75 Å². The van der Waals surface area contributed by atoms with E-state index in [-0.39, 0.29) is 0 Å². The van der Waals surface area contributed by atoms with E-state index in [2.05, 4.69) is 42.3 Å². The molecule has 0 aliphatic carbocycles. The summed E-state index contributed by atoms with van der Waals surface area (Å²) in [6.07, 6.45) is 2.09. The summed E-state index contributed by atoms with van der Waals surface area (Å²) in [4.78, 5) is 6.84. The molecule has 7 heteroatoms. The van der Waals surface area contributed by atoms with Gasteiger partial charge < -0.3 is 19.7 Å². The van der Waals surface area contributed by atoms with Crippen molar-refractivity contribution in [1.29, 1.82) is 0 Å². The highest BCUT2D eigenvalue weighted by molar-refractivity contribution is 5.79. The maximum Gasteiger partial charge on any atom is 0.194 e. The summed E-state index contributed by atoms with van der Waals surface area (Å²) < 4.78 is 13.0. The second-order valence-electron chi connectivity index (χ2n) is 7.32. The predicted octanol–water partition coefficient (Wildman–Crippen LogP) is 3.17. The number of benzene rings is 1. The van der Waals surface area contributed by atoms with Crippen molar-refractivity contribution in [2.24, 2.45) is 12.0 Å². The molecule has 0 radical (unpaired) electrons. The summed E-state index contributed by atoms with van der Waals surface area (Å²) in [5.74, 6) is 2.11. The van der Waals surface area contributed by atoms with Crippen LogP contribution in [-0.4, -0.2) is 54.5 Å². The Balaban J connectivity index is 1.91. The van der Waals surface area contributed by atoms with Crippen LogP contribution in [0.15, 0.2) is 35.5 Å². The van der Waals surface area contributed by atoms with Gasteiger partial charge in [-0.05, 0) is 18.9 Å². The first kappa shape index (κ1) is 22.7. The van der Waals surface area contributed by atoms with E-state index in [0.29, 0.717) is 25.7 Å². The van der Waals surface area contributed by atoms with Gasteiger partial charge >= 0.3 is 0 Å². The molecule has 0 bridgehead atoms. The molecular weight excluding hydrogens is 366 g/mol. The van der Waals surface area contributed by atoms with Crippen molar-refractivity contribution in [3.8, 4) is 5.75 Å². The summed E-state index contributed by atoms with van der Waals surface area (Å²) in [5.41, 5.74) is 3.40. The third-order valence-electron chi connectivity index (χ3n) is 4.54. The first-order valence-corrected chi connectivity index (χ1v) is 10.2. The Bertz CT molecular complexity index is 785. The standard InChI is InChI=1S/C22H35N5O2/c1-7-23-22(26(4)14-19-15-27(5)25-21(19)17(2)3)24-12-13-29-16-18-10-8-9-11-20(18)28-6/h8-11,15,17H,7,12-14,16H2,1-6H3,(H,23,24). The lowest BCUT2D eigenvalue weighted by molar-refractivity contribution is 0.126. The molecule has 0 saturated carbocycles. The lowest BCUT2D eigenvalue weighted by atomic mass is 10.1. The molecule has 0 aliphatic heterocycles. The number of hydrogen-bond acceptors (Lipinski definition) is 4. The fourth-order valence-corrected chi connectivity index (χ4v) is 3.18. The van der Waals surface area contributed by atoms with Crippen LogP contribution in [0.4, 0.5) is 0 Å². The van der Waals surface area contributed by atoms with Crippen LogP contribution in [0.25, 0.3) is 0 Å². The van der Waals surface area contributed by atoms with Gasteiger partial charge in [-0.3, -0.25) is 9.67 Å². The van der Waals surface area contributed by atoms with E-state index >= 15 is 0 Å². The Morgan fingerprint density at radius 1 is 1.28 bits per heavy atom. The van der Waals surface area contributed by atoms with Crippen molar-refractivity contribution in [1.82, 2.24) is 20.0 Å². The zero-order valence-corrected chi connectivity index (χ0v) is 18.6. The molecule has 1 N–H and O–H groups in total. The molecule has 1 aromatic carbocycles. The Hall–Kier alpha value is -2.54. The van der Waals surface area contributed by atoms with E-state index in [1.165, 1.54) is 5.56 Å². The van der Waals surface area contributed by atoms with Crippen molar-refractivity contribution >= 4 is 5.96 Å². The van der Waals surface area contributed by atoms with Gasteiger partial charge in [0.25, 0.3) is 0 Å². The third-order valence-corrected chi connectivity index (χ3v) is 4.54.